The molecule has 4 rings (SSSR count). The first-order chi connectivity index (χ1) is 17.9. The quantitative estimate of drug-likeness (QED) is 0.430. The second-order valence-corrected chi connectivity index (χ2v) is 10.2. The third-order valence-corrected chi connectivity index (χ3v) is 7.16. The van der Waals surface area contributed by atoms with Crippen molar-refractivity contribution < 1.29 is 28.7 Å². The largest absolute Gasteiger partial charge is 0.490 e. The van der Waals surface area contributed by atoms with Crippen molar-refractivity contribution in [3.05, 3.63) is 57.4 Å². The summed E-state index contributed by atoms with van der Waals surface area (Å²) in [7, 11) is 0. The molecule has 2 aromatic rings. The van der Waals surface area contributed by atoms with Gasteiger partial charge in [0.15, 0.2) is 18.1 Å². The Morgan fingerprint density at radius 2 is 1.84 bits per heavy atom. The van der Waals surface area contributed by atoms with Gasteiger partial charge in [0.1, 0.15) is 6.54 Å². The number of halogens is 1. The van der Waals surface area contributed by atoms with Crippen LogP contribution in [0.1, 0.15) is 25.3 Å². The number of thioether (sulfide) groups is 1. The molecule has 2 aliphatic rings. The van der Waals surface area contributed by atoms with Crippen molar-refractivity contribution in [3.8, 4) is 11.5 Å². The first kappa shape index (κ1) is 26.7. The molecule has 0 bridgehead atoms. The molecule has 0 saturated carbocycles. The lowest BCUT2D eigenvalue weighted by atomic mass is 10.2. The van der Waals surface area contributed by atoms with Gasteiger partial charge in [-0.3, -0.25) is 24.1 Å². The summed E-state index contributed by atoms with van der Waals surface area (Å²) in [6.45, 7) is 2.97. The minimum Gasteiger partial charge on any atom is -0.490 e. The summed E-state index contributed by atoms with van der Waals surface area (Å²) < 4.78 is 12.0. The molecule has 9 nitrogen and oxygen atoms in total. The van der Waals surface area contributed by atoms with Gasteiger partial charge in [0.05, 0.1) is 16.0 Å². The molecule has 194 valence electrons. The van der Waals surface area contributed by atoms with Gasteiger partial charge in [0, 0.05) is 18.8 Å². The number of para-hydroxylation sites is 1. The highest BCUT2D eigenvalue weighted by molar-refractivity contribution is 9.10. The van der Waals surface area contributed by atoms with Crippen LogP contribution in [0.2, 0.25) is 0 Å². The van der Waals surface area contributed by atoms with Gasteiger partial charge in [-0.25, -0.2) is 0 Å². The standard InChI is InChI=1S/C26H26BrN3O6S/c1-2-35-20-13-17(12-19(27)24(20)36-16-22(31)28-18-8-4-3-5-9-18)14-21-25(33)30(26(34)37-21)15-23(32)29-10-6-7-11-29/h3-5,8-9,12-14H,2,6-7,10-11,15-16H2,1H3,(H,28,31)/b21-14-. The molecular weight excluding hydrogens is 562 g/mol. The van der Waals surface area contributed by atoms with Crippen LogP contribution in [-0.2, 0) is 14.4 Å². The number of rotatable bonds is 9. The van der Waals surface area contributed by atoms with Crippen LogP contribution >= 0.6 is 27.7 Å². The lowest BCUT2D eigenvalue weighted by Gasteiger charge is -2.18. The van der Waals surface area contributed by atoms with Crippen LogP contribution in [0.15, 0.2) is 51.8 Å². The Morgan fingerprint density at radius 3 is 2.54 bits per heavy atom. The van der Waals surface area contributed by atoms with E-state index in [1.54, 1.807) is 35.2 Å². The van der Waals surface area contributed by atoms with Crippen LogP contribution in [0.25, 0.3) is 6.08 Å². The molecule has 2 aromatic carbocycles. The first-order valence-corrected chi connectivity index (χ1v) is 13.4. The van der Waals surface area contributed by atoms with Gasteiger partial charge in [-0.2, -0.15) is 0 Å². The third-order valence-electron chi connectivity index (χ3n) is 5.66. The summed E-state index contributed by atoms with van der Waals surface area (Å²) >= 11 is 4.25. The van der Waals surface area contributed by atoms with Crippen molar-refractivity contribution in [2.45, 2.75) is 19.8 Å². The van der Waals surface area contributed by atoms with Crippen molar-refractivity contribution in [1.29, 1.82) is 0 Å². The zero-order valence-corrected chi connectivity index (χ0v) is 22.6. The summed E-state index contributed by atoms with van der Waals surface area (Å²) in [5.74, 6) is -0.345. The third kappa shape index (κ3) is 6.72. The number of imide groups is 1. The number of anilines is 1. The first-order valence-electron chi connectivity index (χ1n) is 11.8. The number of hydrogen-bond donors (Lipinski definition) is 1. The summed E-state index contributed by atoms with van der Waals surface area (Å²) in [4.78, 5) is 53.0. The van der Waals surface area contributed by atoms with E-state index in [1.165, 1.54) is 0 Å². The number of carbonyl (C=O) groups excluding carboxylic acids is 4. The molecule has 4 amide bonds. The number of amides is 4. The Morgan fingerprint density at radius 1 is 1.11 bits per heavy atom. The highest BCUT2D eigenvalue weighted by Gasteiger charge is 2.37. The number of nitrogens with one attached hydrogen (secondary N) is 1. The second-order valence-electron chi connectivity index (χ2n) is 8.32. The molecule has 37 heavy (non-hydrogen) atoms. The van der Waals surface area contributed by atoms with E-state index in [1.807, 2.05) is 25.1 Å². The zero-order valence-electron chi connectivity index (χ0n) is 20.2. The Kier molecular flexibility index (Phi) is 8.88. The molecule has 0 aromatic heterocycles. The van der Waals surface area contributed by atoms with E-state index in [2.05, 4.69) is 21.2 Å². The van der Waals surface area contributed by atoms with Crippen molar-refractivity contribution >= 4 is 62.4 Å². The fourth-order valence-electron chi connectivity index (χ4n) is 3.92. The maximum absolute atomic E-state index is 12.9. The number of likely N-dealkylation sites (tertiary alicyclic amines) is 1. The lowest BCUT2D eigenvalue weighted by molar-refractivity contribution is -0.135. The monoisotopic (exact) mass is 587 g/mol. The summed E-state index contributed by atoms with van der Waals surface area (Å²) in [6, 6.07) is 12.4. The predicted octanol–water partition coefficient (Wildman–Crippen LogP) is 4.52. The van der Waals surface area contributed by atoms with Gasteiger partial charge in [-0.1, -0.05) is 18.2 Å². The molecule has 0 spiro atoms. The highest BCUT2D eigenvalue weighted by atomic mass is 79.9. The minimum atomic E-state index is -0.505. The molecule has 2 saturated heterocycles. The van der Waals surface area contributed by atoms with Crippen LogP contribution in [-0.4, -0.2) is 65.6 Å². The van der Waals surface area contributed by atoms with E-state index in [4.69, 9.17) is 9.47 Å². The second kappa shape index (κ2) is 12.3. The molecule has 0 radical (unpaired) electrons. The molecule has 0 unspecified atom stereocenters. The molecule has 1 N–H and O–H groups in total. The van der Waals surface area contributed by atoms with Crippen LogP contribution in [0.4, 0.5) is 10.5 Å². The average Bonchev–Trinajstić information content (AvgIpc) is 3.49. The fraction of sp³-hybridized carbons (Fsp3) is 0.308. The zero-order chi connectivity index (χ0) is 26.4. The van der Waals surface area contributed by atoms with E-state index in [0.29, 0.717) is 46.9 Å². The number of carbonyl (C=O) groups is 4. The smallest absolute Gasteiger partial charge is 0.294 e. The number of benzene rings is 2. The Bertz CT molecular complexity index is 1230. The summed E-state index contributed by atoms with van der Waals surface area (Å²) in [5.41, 5.74) is 1.25. The van der Waals surface area contributed by atoms with Crippen molar-refractivity contribution in [2.75, 3.05) is 38.2 Å². The van der Waals surface area contributed by atoms with Gasteiger partial charge >= 0.3 is 0 Å². The Balaban J connectivity index is 1.46. The van der Waals surface area contributed by atoms with Gasteiger partial charge in [0.2, 0.25) is 5.91 Å². The highest BCUT2D eigenvalue weighted by Crippen LogP contribution is 2.39. The average molecular weight is 588 g/mol. The molecule has 0 atom stereocenters. The van der Waals surface area contributed by atoms with Crippen LogP contribution in [0, 0.1) is 0 Å². The molecule has 2 heterocycles. The normalized spacial score (nSPS) is 16.4. The van der Waals surface area contributed by atoms with Gasteiger partial charge < -0.3 is 19.7 Å². The molecule has 2 aliphatic heterocycles. The van der Waals surface area contributed by atoms with Crippen molar-refractivity contribution in [1.82, 2.24) is 9.80 Å². The SMILES string of the molecule is CCOc1cc(/C=C2\SC(=O)N(CC(=O)N3CCCC3)C2=O)cc(Br)c1OCC(=O)Nc1ccccc1. The van der Waals surface area contributed by atoms with E-state index in [-0.39, 0.29) is 29.9 Å². The van der Waals surface area contributed by atoms with E-state index in [9.17, 15) is 19.2 Å². The maximum atomic E-state index is 12.9. The Labute approximate surface area is 227 Å². The van der Waals surface area contributed by atoms with Crippen LogP contribution in [0.3, 0.4) is 0 Å². The topological polar surface area (TPSA) is 105 Å². The van der Waals surface area contributed by atoms with Gasteiger partial charge in [0.25, 0.3) is 17.1 Å². The molecule has 2 fully saturated rings. The van der Waals surface area contributed by atoms with Crippen LogP contribution in [0.5, 0.6) is 11.5 Å². The van der Waals surface area contributed by atoms with Crippen LogP contribution < -0.4 is 14.8 Å². The molecular formula is C26H26BrN3O6S. The lowest BCUT2D eigenvalue weighted by Crippen LogP contribution is -2.40. The minimum absolute atomic E-state index is 0.212. The maximum Gasteiger partial charge on any atom is 0.294 e. The summed E-state index contributed by atoms with van der Waals surface area (Å²) in [5, 5.41) is 2.28. The van der Waals surface area contributed by atoms with Crippen molar-refractivity contribution in [3.63, 3.8) is 0 Å². The van der Waals surface area contributed by atoms with E-state index < -0.39 is 11.1 Å². The fourth-order valence-corrected chi connectivity index (χ4v) is 5.33. The Hall–Kier alpha value is -3.31. The molecule has 11 heteroatoms. The number of ether oxygens (including phenoxy) is 2. The van der Waals surface area contributed by atoms with E-state index in [0.717, 1.165) is 29.5 Å². The van der Waals surface area contributed by atoms with Crippen molar-refractivity contribution in [2.24, 2.45) is 0 Å². The summed E-state index contributed by atoms with van der Waals surface area (Å²) in [6.07, 6.45) is 3.44. The van der Waals surface area contributed by atoms with Gasteiger partial charge in [-0.15, -0.1) is 0 Å². The number of nitrogens with zero attached hydrogens (tertiary/aromatic N) is 2. The molecule has 0 aliphatic carbocycles. The number of hydrogen-bond acceptors (Lipinski definition) is 7. The predicted molar refractivity (Wildman–Crippen MR) is 144 cm³/mol. The van der Waals surface area contributed by atoms with Gasteiger partial charge in [-0.05, 0) is 83.4 Å². The van der Waals surface area contributed by atoms with E-state index >= 15 is 0 Å².